The molecule has 0 amide bonds. The first-order valence-electron chi connectivity index (χ1n) is 9.43. The average molecular weight is 414 g/mol. The molecule has 156 valence electrons. The fraction of sp³-hybridized carbons (Fsp3) is 0.227. The predicted molar refractivity (Wildman–Crippen MR) is 110 cm³/mol. The summed E-state index contributed by atoms with van der Waals surface area (Å²) < 4.78 is 35.5. The quantitative estimate of drug-likeness (QED) is 0.621. The van der Waals surface area contributed by atoms with E-state index in [1.165, 1.54) is 12.8 Å². The monoisotopic (exact) mass is 414 g/mol. The minimum Gasteiger partial charge on any atom is -0.384 e. The SMILES string of the molecule is Nc1ccc(C(F)(F)F)cn1.O=Cc1cc(-c2ccccc2)cnc1N1CCCC1. The molecule has 4 rings (SSSR count). The van der Waals surface area contributed by atoms with Gasteiger partial charge in [-0.05, 0) is 36.6 Å². The highest BCUT2D eigenvalue weighted by Gasteiger charge is 2.30. The number of nitrogens with zero attached hydrogens (tertiary/aromatic N) is 3. The van der Waals surface area contributed by atoms with E-state index in [0.29, 0.717) is 11.8 Å². The standard InChI is InChI=1S/C16H16N2O.C6H5F3N2/c19-12-15-10-14(13-6-2-1-3-7-13)11-17-16(15)18-8-4-5-9-18;7-6(8,9)4-1-2-5(10)11-3-4/h1-3,6-7,10-12H,4-5,8-9H2;1-3H,(H2,10,11). The van der Waals surface area contributed by atoms with Crippen LogP contribution in [0.25, 0.3) is 11.1 Å². The number of hydrogen-bond donors (Lipinski definition) is 1. The van der Waals surface area contributed by atoms with E-state index in [9.17, 15) is 18.0 Å². The van der Waals surface area contributed by atoms with Crippen LogP contribution in [0.4, 0.5) is 24.8 Å². The molecule has 0 atom stereocenters. The maximum absolute atomic E-state index is 11.8. The van der Waals surface area contributed by atoms with E-state index >= 15 is 0 Å². The number of rotatable bonds is 3. The second kappa shape index (κ2) is 9.39. The summed E-state index contributed by atoms with van der Waals surface area (Å²) in [5, 5.41) is 0. The van der Waals surface area contributed by atoms with Gasteiger partial charge in [0.2, 0.25) is 0 Å². The Kier molecular flexibility index (Phi) is 6.66. The summed E-state index contributed by atoms with van der Waals surface area (Å²) in [5.41, 5.74) is 7.07. The summed E-state index contributed by atoms with van der Waals surface area (Å²) in [4.78, 5) is 21.3. The molecule has 0 unspecified atom stereocenters. The lowest BCUT2D eigenvalue weighted by molar-refractivity contribution is -0.137. The highest BCUT2D eigenvalue weighted by atomic mass is 19.4. The molecule has 8 heteroatoms. The van der Waals surface area contributed by atoms with Crippen LogP contribution in [0.1, 0.15) is 28.8 Å². The number of pyridine rings is 2. The first kappa shape index (κ1) is 21.3. The number of nitrogens with two attached hydrogens (primary N) is 1. The smallest absolute Gasteiger partial charge is 0.384 e. The van der Waals surface area contributed by atoms with Crippen LogP contribution in [0.2, 0.25) is 0 Å². The number of aromatic nitrogens is 2. The van der Waals surface area contributed by atoms with Crippen molar-refractivity contribution in [1.29, 1.82) is 0 Å². The van der Waals surface area contributed by atoms with Crippen LogP contribution in [0, 0.1) is 0 Å². The highest BCUT2D eigenvalue weighted by Crippen LogP contribution is 2.28. The first-order chi connectivity index (χ1) is 14.4. The zero-order valence-corrected chi connectivity index (χ0v) is 16.1. The Morgan fingerprint density at radius 3 is 2.20 bits per heavy atom. The molecule has 3 heterocycles. The van der Waals surface area contributed by atoms with Crippen LogP contribution in [-0.4, -0.2) is 29.3 Å². The number of carbonyl (C=O) groups excluding carboxylic acids is 1. The third kappa shape index (κ3) is 5.34. The van der Waals surface area contributed by atoms with Crippen molar-refractivity contribution < 1.29 is 18.0 Å². The average Bonchev–Trinajstić information content (AvgIpc) is 3.29. The van der Waals surface area contributed by atoms with Crippen LogP contribution in [-0.2, 0) is 6.18 Å². The molecule has 0 saturated carbocycles. The van der Waals surface area contributed by atoms with Crippen molar-refractivity contribution in [3.63, 3.8) is 0 Å². The number of carbonyl (C=O) groups is 1. The zero-order chi connectivity index (χ0) is 21.6. The molecule has 0 bridgehead atoms. The van der Waals surface area contributed by atoms with E-state index in [0.717, 1.165) is 48.5 Å². The van der Waals surface area contributed by atoms with Crippen molar-refractivity contribution in [2.75, 3.05) is 23.7 Å². The molecule has 30 heavy (non-hydrogen) atoms. The second-order valence-corrected chi connectivity index (χ2v) is 6.78. The van der Waals surface area contributed by atoms with Gasteiger partial charge in [0.05, 0.1) is 11.1 Å². The number of benzene rings is 1. The molecule has 0 radical (unpaired) electrons. The third-order valence-electron chi connectivity index (χ3n) is 4.65. The molecule has 1 aliphatic heterocycles. The van der Waals surface area contributed by atoms with Crippen molar-refractivity contribution in [2.45, 2.75) is 19.0 Å². The molecule has 1 aliphatic rings. The van der Waals surface area contributed by atoms with Gasteiger partial charge < -0.3 is 10.6 Å². The Bertz CT molecular complexity index is 970. The first-order valence-corrected chi connectivity index (χ1v) is 9.43. The van der Waals surface area contributed by atoms with Gasteiger partial charge in [0.1, 0.15) is 11.6 Å². The molecule has 0 spiro atoms. The molecule has 1 fully saturated rings. The second-order valence-electron chi connectivity index (χ2n) is 6.78. The van der Waals surface area contributed by atoms with Gasteiger partial charge in [-0.1, -0.05) is 30.3 Å². The van der Waals surface area contributed by atoms with Crippen molar-refractivity contribution in [3.05, 3.63) is 72.1 Å². The topological polar surface area (TPSA) is 72.1 Å². The molecule has 2 N–H and O–H groups in total. The molecular formula is C22H21F3N4O. The van der Waals surface area contributed by atoms with Crippen molar-refractivity contribution in [2.24, 2.45) is 0 Å². The fourth-order valence-corrected chi connectivity index (χ4v) is 3.12. The van der Waals surface area contributed by atoms with E-state index < -0.39 is 11.7 Å². The number of aldehydes is 1. The van der Waals surface area contributed by atoms with Gasteiger partial charge in [0.25, 0.3) is 0 Å². The number of halogens is 3. The molecule has 1 aromatic carbocycles. The van der Waals surface area contributed by atoms with Gasteiger partial charge in [0, 0.05) is 31.0 Å². The van der Waals surface area contributed by atoms with Crippen molar-refractivity contribution in [3.8, 4) is 11.1 Å². The van der Waals surface area contributed by atoms with E-state index in [4.69, 9.17) is 5.73 Å². The van der Waals surface area contributed by atoms with Gasteiger partial charge in [-0.3, -0.25) is 4.79 Å². The Morgan fingerprint density at radius 2 is 1.63 bits per heavy atom. The summed E-state index contributed by atoms with van der Waals surface area (Å²) >= 11 is 0. The van der Waals surface area contributed by atoms with Gasteiger partial charge in [-0.15, -0.1) is 0 Å². The lowest BCUT2D eigenvalue weighted by Crippen LogP contribution is -2.20. The van der Waals surface area contributed by atoms with Crippen LogP contribution in [0.3, 0.4) is 0 Å². The summed E-state index contributed by atoms with van der Waals surface area (Å²) in [7, 11) is 0. The van der Waals surface area contributed by atoms with Gasteiger partial charge in [-0.25, -0.2) is 9.97 Å². The summed E-state index contributed by atoms with van der Waals surface area (Å²) in [6.07, 6.45) is 1.50. The van der Waals surface area contributed by atoms with Crippen molar-refractivity contribution in [1.82, 2.24) is 9.97 Å². The lowest BCUT2D eigenvalue weighted by Gasteiger charge is -2.18. The minimum absolute atomic E-state index is 0.0815. The van der Waals surface area contributed by atoms with Gasteiger partial charge in [0.15, 0.2) is 6.29 Å². The largest absolute Gasteiger partial charge is 0.417 e. The van der Waals surface area contributed by atoms with Crippen LogP contribution < -0.4 is 10.6 Å². The highest BCUT2D eigenvalue weighted by molar-refractivity contribution is 5.85. The zero-order valence-electron chi connectivity index (χ0n) is 16.1. The maximum atomic E-state index is 11.8. The van der Waals surface area contributed by atoms with Crippen LogP contribution in [0.15, 0.2) is 60.9 Å². The molecule has 0 aliphatic carbocycles. The Hall–Kier alpha value is -3.42. The predicted octanol–water partition coefficient (Wildman–Crippen LogP) is 4.84. The van der Waals surface area contributed by atoms with Gasteiger partial charge in [-0.2, -0.15) is 13.2 Å². The Labute approximate surface area is 172 Å². The normalized spacial score (nSPS) is 13.5. The Balaban J connectivity index is 0.000000199. The molecule has 2 aromatic heterocycles. The molecule has 1 saturated heterocycles. The summed E-state index contributed by atoms with van der Waals surface area (Å²) in [5.74, 6) is 0.908. The van der Waals surface area contributed by atoms with Crippen LogP contribution >= 0.6 is 0 Å². The van der Waals surface area contributed by atoms with Crippen LogP contribution in [0.5, 0.6) is 0 Å². The number of anilines is 2. The van der Waals surface area contributed by atoms with E-state index in [1.54, 1.807) is 0 Å². The summed E-state index contributed by atoms with van der Waals surface area (Å²) in [6.45, 7) is 2.00. The Morgan fingerprint density at radius 1 is 0.933 bits per heavy atom. The fourth-order valence-electron chi connectivity index (χ4n) is 3.12. The third-order valence-corrected chi connectivity index (χ3v) is 4.65. The maximum Gasteiger partial charge on any atom is 0.417 e. The van der Waals surface area contributed by atoms with Gasteiger partial charge >= 0.3 is 6.18 Å². The summed E-state index contributed by atoms with van der Waals surface area (Å²) in [6, 6.07) is 14.0. The lowest BCUT2D eigenvalue weighted by atomic mass is 10.1. The van der Waals surface area contributed by atoms with E-state index in [1.807, 2.05) is 42.6 Å². The number of nitrogen functional groups attached to an aromatic ring is 1. The van der Waals surface area contributed by atoms with E-state index in [-0.39, 0.29) is 5.82 Å². The van der Waals surface area contributed by atoms with Crippen molar-refractivity contribution >= 4 is 17.9 Å². The molecular weight excluding hydrogens is 393 g/mol. The molecule has 5 nitrogen and oxygen atoms in total. The number of alkyl halides is 3. The van der Waals surface area contributed by atoms with E-state index in [2.05, 4.69) is 14.9 Å². The number of hydrogen-bond acceptors (Lipinski definition) is 5. The molecule has 3 aromatic rings. The minimum atomic E-state index is -4.33.